The van der Waals surface area contributed by atoms with Crippen LogP contribution in [0.1, 0.15) is 42.3 Å². The highest BCUT2D eigenvalue weighted by Gasteiger charge is 2.06. The molecule has 0 saturated heterocycles. The van der Waals surface area contributed by atoms with E-state index in [1.165, 1.54) is 28.4 Å². The summed E-state index contributed by atoms with van der Waals surface area (Å²) in [4.78, 5) is 5.91. The quantitative estimate of drug-likeness (QED) is 0.806. The van der Waals surface area contributed by atoms with Gasteiger partial charge in [0.1, 0.15) is 0 Å². The molecule has 1 heterocycles. The van der Waals surface area contributed by atoms with Gasteiger partial charge < -0.3 is 5.32 Å². The van der Waals surface area contributed by atoms with Gasteiger partial charge in [-0.15, -0.1) is 11.3 Å². The molecule has 2 nitrogen and oxygen atoms in total. The van der Waals surface area contributed by atoms with Crippen LogP contribution in [0.25, 0.3) is 0 Å². The van der Waals surface area contributed by atoms with E-state index in [0.29, 0.717) is 6.04 Å². The molecule has 1 unspecified atom stereocenters. The number of nitrogens with one attached hydrogen (secondary N) is 1. The van der Waals surface area contributed by atoms with Gasteiger partial charge in [0, 0.05) is 17.3 Å². The first kappa shape index (κ1) is 12.7. The maximum absolute atomic E-state index is 4.55. The number of aryl methyl sites for hydroxylation is 3. The second-order valence-electron chi connectivity index (χ2n) is 4.14. The summed E-state index contributed by atoms with van der Waals surface area (Å²) in [5.41, 5.74) is 1.20. The summed E-state index contributed by atoms with van der Waals surface area (Å²) in [5.74, 6) is 0. The van der Waals surface area contributed by atoms with E-state index in [9.17, 15) is 0 Å². The third-order valence-corrected chi connectivity index (χ3v) is 3.74. The van der Waals surface area contributed by atoms with Gasteiger partial charge in [-0.1, -0.05) is 6.92 Å². The van der Waals surface area contributed by atoms with Crippen LogP contribution >= 0.6 is 11.3 Å². The van der Waals surface area contributed by atoms with Crippen LogP contribution in [0.2, 0.25) is 0 Å². The second kappa shape index (κ2) is 6.23. The molecule has 86 valence electrons. The number of thiazole rings is 1. The Hall–Kier alpha value is -0.410. The fourth-order valence-corrected chi connectivity index (χ4v) is 2.43. The summed E-state index contributed by atoms with van der Waals surface area (Å²) >= 11 is 1.84. The van der Waals surface area contributed by atoms with E-state index in [2.05, 4.69) is 38.0 Å². The largest absolute Gasteiger partial charge is 0.314 e. The Balaban J connectivity index is 2.30. The predicted molar refractivity (Wildman–Crippen MR) is 67.7 cm³/mol. The van der Waals surface area contributed by atoms with E-state index in [4.69, 9.17) is 0 Å². The molecular weight excluding hydrogens is 204 g/mol. The van der Waals surface area contributed by atoms with Gasteiger partial charge in [-0.3, -0.25) is 0 Å². The minimum atomic E-state index is 0.606. The molecule has 0 aliphatic heterocycles. The molecule has 0 radical (unpaired) electrons. The molecule has 0 bridgehead atoms. The minimum absolute atomic E-state index is 0.606. The normalized spacial score (nSPS) is 13.1. The molecule has 0 aliphatic rings. The van der Waals surface area contributed by atoms with Crippen LogP contribution in [-0.2, 0) is 6.42 Å². The van der Waals surface area contributed by atoms with Crippen LogP contribution in [0.15, 0.2) is 0 Å². The summed E-state index contributed by atoms with van der Waals surface area (Å²) in [7, 11) is 0. The molecule has 1 aromatic rings. The van der Waals surface area contributed by atoms with Gasteiger partial charge in [-0.2, -0.15) is 0 Å². The zero-order valence-corrected chi connectivity index (χ0v) is 11.1. The van der Waals surface area contributed by atoms with E-state index in [1.54, 1.807) is 0 Å². The fraction of sp³-hybridized carbons (Fsp3) is 0.750. The van der Waals surface area contributed by atoms with Crippen molar-refractivity contribution in [1.82, 2.24) is 10.3 Å². The van der Waals surface area contributed by atoms with E-state index < -0.39 is 0 Å². The first-order valence-electron chi connectivity index (χ1n) is 5.79. The van der Waals surface area contributed by atoms with Gasteiger partial charge in [-0.25, -0.2) is 4.98 Å². The Labute approximate surface area is 97.1 Å². The van der Waals surface area contributed by atoms with Crippen LogP contribution in [-0.4, -0.2) is 17.6 Å². The topological polar surface area (TPSA) is 24.9 Å². The summed E-state index contributed by atoms with van der Waals surface area (Å²) in [5, 5.41) is 4.79. The highest BCUT2D eigenvalue weighted by atomic mass is 32.1. The summed E-state index contributed by atoms with van der Waals surface area (Å²) < 4.78 is 0. The first-order valence-corrected chi connectivity index (χ1v) is 6.61. The standard InChI is InChI=1S/C12H22N2S/c1-5-8-13-9(2)6-7-12-14-10(3)11(4)15-12/h9,13H,5-8H2,1-4H3. The van der Waals surface area contributed by atoms with E-state index in [0.717, 1.165) is 13.0 Å². The van der Waals surface area contributed by atoms with Crippen molar-refractivity contribution in [3.63, 3.8) is 0 Å². The molecule has 0 aromatic carbocycles. The summed E-state index contributed by atoms with van der Waals surface area (Å²) in [6, 6.07) is 0.606. The van der Waals surface area contributed by atoms with Crippen molar-refractivity contribution >= 4 is 11.3 Å². The lowest BCUT2D eigenvalue weighted by molar-refractivity contribution is 0.513. The van der Waals surface area contributed by atoms with Crippen LogP contribution in [0.4, 0.5) is 0 Å². The third kappa shape index (κ3) is 4.31. The molecule has 0 amide bonds. The SMILES string of the molecule is CCCNC(C)CCc1nc(C)c(C)s1. The number of hydrogen-bond donors (Lipinski definition) is 1. The number of rotatable bonds is 6. The predicted octanol–water partition coefficient (Wildman–Crippen LogP) is 3.08. The van der Waals surface area contributed by atoms with Crippen LogP contribution in [0.5, 0.6) is 0 Å². The second-order valence-corrected chi connectivity index (χ2v) is 5.43. The highest BCUT2D eigenvalue weighted by Crippen LogP contribution is 2.18. The van der Waals surface area contributed by atoms with Gasteiger partial charge in [0.2, 0.25) is 0 Å². The third-order valence-electron chi connectivity index (χ3n) is 2.61. The molecule has 1 atom stereocenters. The molecule has 0 aliphatic carbocycles. The Morgan fingerprint density at radius 3 is 2.67 bits per heavy atom. The van der Waals surface area contributed by atoms with Crippen molar-refractivity contribution in [3.8, 4) is 0 Å². The van der Waals surface area contributed by atoms with Gasteiger partial charge in [0.05, 0.1) is 10.7 Å². The van der Waals surface area contributed by atoms with Gasteiger partial charge >= 0.3 is 0 Å². The minimum Gasteiger partial charge on any atom is -0.314 e. The van der Waals surface area contributed by atoms with E-state index in [-0.39, 0.29) is 0 Å². The van der Waals surface area contributed by atoms with Crippen molar-refractivity contribution in [2.45, 2.75) is 53.0 Å². The lowest BCUT2D eigenvalue weighted by Gasteiger charge is -2.11. The monoisotopic (exact) mass is 226 g/mol. The van der Waals surface area contributed by atoms with E-state index in [1.807, 2.05) is 11.3 Å². The van der Waals surface area contributed by atoms with Crippen molar-refractivity contribution < 1.29 is 0 Å². The Morgan fingerprint density at radius 1 is 1.40 bits per heavy atom. The molecule has 0 saturated carbocycles. The van der Waals surface area contributed by atoms with Gasteiger partial charge in [-0.05, 0) is 40.2 Å². The first-order chi connectivity index (χ1) is 7.13. The van der Waals surface area contributed by atoms with Crippen LogP contribution < -0.4 is 5.32 Å². The van der Waals surface area contributed by atoms with Crippen LogP contribution in [0.3, 0.4) is 0 Å². The molecule has 0 fully saturated rings. The van der Waals surface area contributed by atoms with Crippen LogP contribution in [0, 0.1) is 13.8 Å². The van der Waals surface area contributed by atoms with Crippen molar-refractivity contribution in [1.29, 1.82) is 0 Å². The van der Waals surface area contributed by atoms with Crippen molar-refractivity contribution in [2.75, 3.05) is 6.54 Å². The zero-order valence-electron chi connectivity index (χ0n) is 10.3. The number of nitrogens with zero attached hydrogens (tertiary/aromatic N) is 1. The van der Waals surface area contributed by atoms with Crippen molar-refractivity contribution in [2.24, 2.45) is 0 Å². The lowest BCUT2D eigenvalue weighted by Crippen LogP contribution is -2.27. The molecule has 1 N–H and O–H groups in total. The molecule has 0 spiro atoms. The molecule has 1 aromatic heterocycles. The molecule has 15 heavy (non-hydrogen) atoms. The van der Waals surface area contributed by atoms with Gasteiger partial charge in [0.25, 0.3) is 0 Å². The molecule has 1 rings (SSSR count). The Kier molecular flexibility index (Phi) is 5.26. The zero-order chi connectivity index (χ0) is 11.3. The maximum atomic E-state index is 4.55. The van der Waals surface area contributed by atoms with E-state index >= 15 is 0 Å². The molecular formula is C12H22N2S. The lowest BCUT2D eigenvalue weighted by atomic mass is 10.2. The average molecular weight is 226 g/mol. The smallest absolute Gasteiger partial charge is 0.0931 e. The number of hydrogen-bond acceptors (Lipinski definition) is 3. The highest BCUT2D eigenvalue weighted by molar-refractivity contribution is 7.11. The molecule has 3 heteroatoms. The number of aromatic nitrogens is 1. The maximum Gasteiger partial charge on any atom is 0.0931 e. The summed E-state index contributed by atoms with van der Waals surface area (Å²) in [6.45, 7) is 9.82. The Morgan fingerprint density at radius 2 is 2.13 bits per heavy atom. The van der Waals surface area contributed by atoms with Crippen molar-refractivity contribution in [3.05, 3.63) is 15.6 Å². The fourth-order valence-electron chi connectivity index (χ4n) is 1.48. The summed E-state index contributed by atoms with van der Waals surface area (Å²) in [6.07, 6.45) is 3.50. The van der Waals surface area contributed by atoms with Gasteiger partial charge in [0.15, 0.2) is 0 Å². The average Bonchev–Trinajstić information content (AvgIpc) is 2.52. The Bertz CT molecular complexity index is 274.